The van der Waals surface area contributed by atoms with Crippen molar-refractivity contribution in [3.63, 3.8) is 0 Å². The van der Waals surface area contributed by atoms with E-state index >= 15 is 0 Å². The van der Waals surface area contributed by atoms with Crippen LogP contribution < -0.4 is 0 Å². The molecular weight excluding hydrogens is 332 g/mol. The summed E-state index contributed by atoms with van der Waals surface area (Å²) in [6.45, 7) is 13.0. The average Bonchev–Trinajstić information content (AvgIpc) is 2.58. The van der Waals surface area contributed by atoms with Crippen LogP contribution in [-0.2, 0) is 23.7 Å². The van der Waals surface area contributed by atoms with Gasteiger partial charge in [-0.05, 0) is 24.7 Å². The molecule has 0 aromatic carbocycles. The van der Waals surface area contributed by atoms with Crippen LogP contribution in [0.5, 0.6) is 0 Å². The highest BCUT2D eigenvalue weighted by Gasteiger charge is 2.03. The van der Waals surface area contributed by atoms with E-state index in [4.69, 9.17) is 18.9 Å². The molecule has 5 heteroatoms. The van der Waals surface area contributed by atoms with Crippen LogP contribution in [0.4, 0.5) is 0 Å². The summed E-state index contributed by atoms with van der Waals surface area (Å²) in [6.07, 6.45) is 7.04. The highest BCUT2D eigenvalue weighted by molar-refractivity contribution is 5.69. The quantitative estimate of drug-likeness (QED) is 0.244. The van der Waals surface area contributed by atoms with E-state index in [9.17, 15) is 4.79 Å². The second-order valence-electron chi connectivity index (χ2n) is 7.61. The van der Waals surface area contributed by atoms with Gasteiger partial charge in [-0.3, -0.25) is 4.79 Å². The molecule has 0 aromatic rings. The predicted molar refractivity (Wildman–Crippen MR) is 105 cm³/mol. The molecule has 0 heterocycles. The Hall–Kier alpha value is -0.650. The standard InChI is InChI=1S/C21H42O5/c1-19(2)10-7-5-6-8-13-26-21(22)11-9-12-23-14-15-24-16-17-25-18-20(3)4/h19-20H,5-18H2,1-4H3. The summed E-state index contributed by atoms with van der Waals surface area (Å²) in [5, 5.41) is 0. The van der Waals surface area contributed by atoms with Crippen molar-refractivity contribution in [2.45, 2.75) is 72.6 Å². The molecule has 5 nitrogen and oxygen atoms in total. The lowest BCUT2D eigenvalue weighted by atomic mass is 10.0. The monoisotopic (exact) mass is 374 g/mol. The van der Waals surface area contributed by atoms with Crippen molar-refractivity contribution < 1.29 is 23.7 Å². The number of ether oxygens (including phenoxy) is 4. The zero-order valence-electron chi connectivity index (χ0n) is 17.6. The van der Waals surface area contributed by atoms with E-state index in [1.807, 2.05) is 0 Å². The molecule has 0 bridgehead atoms. The first kappa shape index (κ1) is 25.4. The molecule has 0 atom stereocenters. The third-order valence-electron chi connectivity index (χ3n) is 3.80. The maximum absolute atomic E-state index is 11.6. The minimum atomic E-state index is -0.116. The van der Waals surface area contributed by atoms with Crippen LogP contribution in [0.2, 0.25) is 0 Å². The number of carbonyl (C=O) groups excluding carboxylic acids is 1. The second kappa shape index (κ2) is 19.1. The highest BCUT2D eigenvalue weighted by atomic mass is 16.5. The van der Waals surface area contributed by atoms with Gasteiger partial charge in [0.1, 0.15) is 0 Å². The Bertz CT molecular complexity index is 305. The number of rotatable bonds is 19. The van der Waals surface area contributed by atoms with Crippen LogP contribution in [0.25, 0.3) is 0 Å². The van der Waals surface area contributed by atoms with Crippen LogP contribution >= 0.6 is 0 Å². The lowest BCUT2D eigenvalue weighted by Gasteiger charge is -2.08. The third kappa shape index (κ3) is 21.4. The van der Waals surface area contributed by atoms with E-state index in [-0.39, 0.29) is 5.97 Å². The van der Waals surface area contributed by atoms with E-state index in [0.29, 0.717) is 58.4 Å². The summed E-state index contributed by atoms with van der Waals surface area (Å²) in [5.41, 5.74) is 0. The smallest absolute Gasteiger partial charge is 0.305 e. The summed E-state index contributed by atoms with van der Waals surface area (Å²) < 4.78 is 21.5. The van der Waals surface area contributed by atoms with Crippen molar-refractivity contribution in [3.8, 4) is 0 Å². The van der Waals surface area contributed by atoms with Gasteiger partial charge in [0.2, 0.25) is 0 Å². The van der Waals surface area contributed by atoms with Crippen LogP contribution in [-0.4, -0.2) is 52.2 Å². The minimum absolute atomic E-state index is 0.116. The fourth-order valence-electron chi connectivity index (χ4n) is 2.34. The van der Waals surface area contributed by atoms with Gasteiger partial charge in [-0.1, -0.05) is 53.4 Å². The lowest BCUT2D eigenvalue weighted by Crippen LogP contribution is -2.12. The van der Waals surface area contributed by atoms with Gasteiger partial charge in [0.15, 0.2) is 0 Å². The van der Waals surface area contributed by atoms with Crippen LogP contribution in [0, 0.1) is 11.8 Å². The van der Waals surface area contributed by atoms with Crippen LogP contribution in [0.15, 0.2) is 0 Å². The van der Waals surface area contributed by atoms with Crippen molar-refractivity contribution in [1.29, 1.82) is 0 Å². The highest BCUT2D eigenvalue weighted by Crippen LogP contribution is 2.09. The zero-order chi connectivity index (χ0) is 19.5. The normalized spacial score (nSPS) is 11.5. The van der Waals surface area contributed by atoms with E-state index in [2.05, 4.69) is 27.7 Å². The second-order valence-corrected chi connectivity index (χ2v) is 7.61. The molecular formula is C21H42O5. The molecule has 0 saturated heterocycles. The average molecular weight is 375 g/mol. The molecule has 0 aliphatic carbocycles. The van der Waals surface area contributed by atoms with Gasteiger partial charge >= 0.3 is 5.97 Å². The summed E-state index contributed by atoms with van der Waals surface area (Å²) >= 11 is 0. The Morgan fingerprint density at radius 2 is 1.27 bits per heavy atom. The van der Waals surface area contributed by atoms with E-state index in [1.165, 1.54) is 19.3 Å². The molecule has 0 unspecified atom stereocenters. The van der Waals surface area contributed by atoms with E-state index < -0.39 is 0 Å². The van der Waals surface area contributed by atoms with Crippen molar-refractivity contribution >= 4 is 5.97 Å². The SMILES string of the molecule is CC(C)CCCCCCOC(=O)CCCOCCOCCOCC(C)C. The molecule has 26 heavy (non-hydrogen) atoms. The van der Waals surface area contributed by atoms with Gasteiger partial charge in [-0.15, -0.1) is 0 Å². The summed E-state index contributed by atoms with van der Waals surface area (Å²) in [7, 11) is 0. The number of carbonyl (C=O) groups is 1. The molecule has 0 N–H and O–H groups in total. The first-order chi connectivity index (χ1) is 12.5. The summed E-state index contributed by atoms with van der Waals surface area (Å²) in [4.78, 5) is 11.6. The number of hydrogen-bond acceptors (Lipinski definition) is 5. The Balaban J connectivity index is 3.17. The zero-order valence-corrected chi connectivity index (χ0v) is 17.6. The Kier molecular flexibility index (Phi) is 18.6. The summed E-state index contributed by atoms with van der Waals surface area (Å²) in [5.74, 6) is 1.22. The third-order valence-corrected chi connectivity index (χ3v) is 3.80. The van der Waals surface area contributed by atoms with Gasteiger partial charge in [0.25, 0.3) is 0 Å². The molecule has 0 aliphatic heterocycles. The predicted octanol–water partition coefficient (Wildman–Crippen LogP) is 4.62. The van der Waals surface area contributed by atoms with Gasteiger partial charge in [-0.25, -0.2) is 0 Å². The molecule has 0 rings (SSSR count). The molecule has 156 valence electrons. The van der Waals surface area contributed by atoms with Crippen molar-refractivity contribution in [1.82, 2.24) is 0 Å². The largest absolute Gasteiger partial charge is 0.466 e. The van der Waals surface area contributed by atoms with E-state index in [1.54, 1.807) is 0 Å². The Morgan fingerprint density at radius 3 is 1.92 bits per heavy atom. The van der Waals surface area contributed by atoms with Crippen molar-refractivity contribution in [2.24, 2.45) is 11.8 Å². The molecule has 0 fully saturated rings. The fourth-order valence-corrected chi connectivity index (χ4v) is 2.34. The number of unbranched alkanes of at least 4 members (excludes halogenated alkanes) is 3. The molecule has 0 aromatic heterocycles. The fraction of sp³-hybridized carbons (Fsp3) is 0.952. The maximum Gasteiger partial charge on any atom is 0.305 e. The maximum atomic E-state index is 11.6. The van der Waals surface area contributed by atoms with Crippen LogP contribution in [0.1, 0.15) is 72.6 Å². The molecule has 0 aliphatic rings. The number of hydrogen-bond donors (Lipinski definition) is 0. The molecule has 0 radical (unpaired) electrons. The molecule has 0 saturated carbocycles. The summed E-state index contributed by atoms with van der Waals surface area (Å²) in [6, 6.07) is 0. The first-order valence-corrected chi connectivity index (χ1v) is 10.4. The molecule has 0 amide bonds. The van der Waals surface area contributed by atoms with Gasteiger partial charge < -0.3 is 18.9 Å². The lowest BCUT2D eigenvalue weighted by molar-refractivity contribution is -0.144. The first-order valence-electron chi connectivity index (χ1n) is 10.4. The Morgan fingerprint density at radius 1 is 0.654 bits per heavy atom. The van der Waals surface area contributed by atoms with E-state index in [0.717, 1.165) is 25.4 Å². The topological polar surface area (TPSA) is 54.0 Å². The van der Waals surface area contributed by atoms with Crippen LogP contribution in [0.3, 0.4) is 0 Å². The van der Waals surface area contributed by atoms with Crippen molar-refractivity contribution in [2.75, 3.05) is 46.2 Å². The van der Waals surface area contributed by atoms with Gasteiger partial charge in [-0.2, -0.15) is 0 Å². The molecule has 0 spiro atoms. The van der Waals surface area contributed by atoms with Crippen molar-refractivity contribution in [3.05, 3.63) is 0 Å². The minimum Gasteiger partial charge on any atom is -0.466 e. The van der Waals surface area contributed by atoms with Gasteiger partial charge in [0.05, 0.1) is 33.0 Å². The number of esters is 1. The van der Waals surface area contributed by atoms with Gasteiger partial charge in [0, 0.05) is 19.6 Å². The Labute approximate surface area is 161 Å².